The maximum Gasteiger partial charge on any atom is 0.327 e. The number of hydrogen-bond donors (Lipinski definition) is 1. The van der Waals surface area contributed by atoms with Crippen molar-refractivity contribution >= 4 is 5.97 Å². The molecule has 0 aromatic heterocycles. The summed E-state index contributed by atoms with van der Waals surface area (Å²) in [6, 6.07) is 10.4. The molecule has 1 aliphatic heterocycles. The summed E-state index contributed by atoms with van der Waals surface area (Å²) >= 11 is 0. The average Bonchev–Trinajstić information content (AvgIpc) is 3.27. The van der Waals surface area contributed by atoms with Gasteiger partial charge in [-0.05, 0) is 37.3 Å². The van der Waals surface area contributed by atoms with Crippen LogP contribution in [0.5, 0.6) is 0 Å². The predicted octanol–water partition coefficient (Wildman–Crippen LogP) is 1.80. The lowest BCUT2D eigenvalue weighted by atomic mass is 9.98. The molecule has 0 bridgehead atoms. The Labute approximate surface area is 126 Å². The van der Waals surface area contributed by atoms with Crippen LogP contribution in [-0.2, 0) is 16.1 Å². The molecule has 1 saturated carbocycles. The van der Waals surface area contributed by atoms with Crippen molar-refractivity contribution in [3.8, 4) is 0 Å². The average molecular weight is 288 g/mol. The number of carbonyl (C=O) groups excluding carboxylic acids is 1. The lowest BCUT2D eigenvalue weighted by Crippen LogP contribution is -2.55. The summed E-state index contributed by atoms with van der Waals surface area (Å²) in [5, 5.41) is 3.51. The lowest BCUT2D eigenvalue weighted by Gasteiger charge is -2.28. The Morgan fingerprint density at radius 1 is 1.38 bits per heavy atom. The van der Waals surface area contributed by atoms with Crippen molar-refractivity contribution in [1.29, 1.82) is 0 Å². The molecule has 1 saturated heterocycles. The molecule has 1 aromatic carbocycles. The van der Waals surface area contributed by atoms with E-state index in [-0.39, 0.29) is 5.97 Å². The van der Waals surface area contributed by atoms with Crippen LogP contribution in [0.25, 0.3) is 0 Å². The van der Waals surface area contributed by atoms with E-state index >= 15 is 0 Å². The predicted molar refractivity (Wildman–Crippen MR) is 81.8 cm³/mol. The van der Waals surface area contributed by atoms with Gasteiger partial charge >= 0.3 is 5.97 Å². The third-order valence-corrected chi connectivity index (χ3v) is 4.60. The van der Waals surface area contributed by atoms with Crippen molar-refractivity contribution in [2.75, 3.05) is 26.7 Å². The standard InChI is InChI=1S/C17H24N2O2/c1-21-16(20)17(18-11-14-7-8-14)9-10-19(13-17)12-15-5-3-2-4-6-15/h2-6,14,18H,7-13H2,1H3. The number of nitrogens with zero attached hydrogens (tertiary/aromatic N) is 1. The van der Waals surface area contributed by atoms with Crippen LogP contribution >= 0.6 is 0 Å². The van der Waals surface area contributed by atoms with Crippen molar-refractivity contribution in [2.24, 2.45) is 5.92 Å². The van der Waals surface area contributed by atoms with E-state index in [1.807, 2.05) is 6.07 Å². The largest absolute Gasteiger partial charge is 0.468 e. The number of benzene rings is 1. The van der Waals surface area contributed by atoms with Gasteiger partial charge in [-0.3, -0.25) is 9.69 Å². The summed E-state index contributed by atoms with van der Waals surface area (Å²) in [6.07, 6.45) is 3.41. The van der Waals surface area contributed by atoms with Crippen LogP contribution in [0.1, 0.15) is 24.8 Å². The first-order valence-corrected chi connectivity index (χ1v) is 7.81. The molecule has 0 spiro atoms. The Balaban J connectivity index is 1.63. The Hall–Kier alpha value is -1.39. The van der Waals surface area contributed by atoms with Crippen LogP contribution in [0.2, 0.25) is 0 Å². The molecule has 1 aliphatic carbocycles. The summed E-state index contributed by atoms with van der Waals surface area (Å²) in [7, 11) is 1.49. The second kappa shape index (κ2) is 6.16. The van der Waals surface area contributed by atoms with Gasteiger partial charge < -0.3 is 10.1 Å². The zero-order chi connectivity index (χ0) is 14.7. The summed E-state index contributed by atoms with van der Waals surface area (Å²) in [6.45, 7) is 3.50. The number of likely N-dealkylation sites (tertiary alicyclic amines) is 1. The van der Waals surface area contributed by atoms with Gasteiger partial charge in [0.05, 0.1) is 7.11 Å². The highest BCUT2D eigenvalue weighted by molar-refractivity contribution is 5.81. The molecule has 1 heterocycles. The Morgan fingerprint density at radius 3 is 2.81 bits per heavy atom. The third-order valence-electron chi connectivity index (χ3n) is 4.60. The van der Waals surface area contributed by atoms with Crippen LogP contribution in [0.15, 0.2) is 30.3 Å². The zero-order valence-corrected chi connectivity index (χ0v) is 12.7. The van der Waals surface area contributed by atoms with Gasteiger partial charge in [0.1, 0.15) is 5.54 Å². The highest BCUT2D eigenvalue weighted by Gasteiger charge is 2.46. The van der Waals surface area contributed by atoms with Gasteiger partial charge in [-0.2, -0.15) is 0 Å². The maximum absolute atomic E-state index is 12.3. The van der Waals surface area contributed by atoms with Gasteiger partial charge in [0, 0.05) is 19.6 Å². The number of esters is 1. The van der Waals surface area contributed by atoms with Gasteiger partial charge in [-0.25, -0.2) is 0 Å². The first-order valence-electron chi connectivity index (χ1n) is 7.81. The fraction of sp³-hybridized carbons (Fsp3) is 0.588. The van der Waals surface area contributed by atoms with E-state index in [2.05, 4.69) is 34.5 Å². The summed E-state index contributed by atoms with van der Waals surface area (Å²) in [4.78, 5) is 14.6. The number of carbonyl (C=O) groups is 1. The van der Waals surface area contributed by atoms with E-state index in [0.717, 1.165) is 38.5 Å². The Bertz CT molecular complexity index is 487. The minimum Gasteiger partial charge on any atom is -0.468 e. The normalized spacial score (nSPS) is 26.0. The molecule has 4 nitrogen and oxygen atoms in total. The van der Waals surface area contributed by atoms with E-state index in [0.29, 0.717) is 0 Å². The fourth-order valence-electron chi connectivity index (χ4n) is 3.11. The molecule has 1 atom stereocenters. The van der Waals surface area contributed by atoms with Crippen molar-refractivity contribution < 1.29 is 9.53 Å². The monoisotopic (exact) mass is 288 g/mol. The quantitative estimate of drug-likeness (QED) is 0.811. The Kier molecular flexibility index (Phi) is 4.27. The molecule has 2 aliphatic rings. The number of rotatable bonds is 6. The van der Waals surface area contributed by atoms with Crippen molar-refractivity contribution in [2.45, 2.75) is 31.3 Å². The molecule has 3 rings (SSSR count). The van der Waals surface area contributed by atoms with Crippen LogP contribution in [0.3, 0.4) is 0 Å². The number of ether oxygens (including phenoxy) is 1. The van der Waals surface area contributed by atoms with Crippen molar-refractivity contribution in [1.82, 2.24) is 10.2 Å². The second-order valence-electron chi connectivity index (χ2n) is 6.34. The van der Waals surface area contributed by atoms with E-state index < -0.39 is 5.54 Å². The lowest BCUT2D eigenvalue weighted by molar-refractivity contribution is -0.148. The third kappa shape index (κ3) is 3.44. The number of methoxy groups -OCH3 is 1. The molecule has 2 fully saturated rings. The van der Waals surface area contributed by atoms with Crippen LogP contribution < -0.4 is 5.32 Å². The van der Waals surface area contributed by atoms with E-state index in [1.54, 1.807) is 0 Å². The van der Waals surface area contributed by atoms with Crippen molar-refractivity contribution in [3.63, 3.8) is 0 Å². The summed E-state index contributed by atoms with van der Waals surface area (Å²) in [5.41, 5.74) is 0.784. The molecule has 4 heteroatoms. The van der Waals surface area contributed by atoms with Gasteiger partial charge in [-0.1, -0.05) is 30.3 Å². The first-order chi connectivity index (χ1) is 10.2. The molecular weight excluding hydrogens is 264 g/mol. The van der Waals surface area contributed by atoms with E-state index in [1.165, 1.54) is 25.5 Å². The van der Waals surface area contributed by atoms with Crippen LogP contribution in [0.4, 0.5) is 0 Å². The maximum atomic E-state index is 12.3. The van der Waals surface area contributed by atoms with E-state index in [4.69, 9.17) is 4.74 Å². The minimum absolute atomic E-state index is 0.112. The molecule has 1 N–H and O–H groups in total. The second-order valence-corrected chi connectivity index (χ2v) is 6.34. The van der Waals surface area contributed by atoms with Crippen LogP contribution in [0, 0.1) is 5.92 Å². The first kappa shape index (κ1) is 14.5. The topological polar surface area (TPSA) is 41.6 Å². The molecule has 0 amide bonds. The summed E-state index contributed by atoms with van der Waals surface area (Å²) < 4.78 is 5.06. The Morgan fingerprint density at radius 2 is 2.14 bits per heavy atom. The molecule has 1 unspecified atom stereocenters. The minimum atomic E-state index is -0.508. The van der Waals surface area contributed by atoms with Gasteiger partial charge in [0.25, 0.3) is 0 Å². The molecule has 21 heavy (non-hydrogen) atoms. The summed E-state index contributed by atoms with van der Waals surface area (Å²) in [5.74, 6) is 0.647. The van der Waals surface area contributed by atoms with Gasteiger partial charge in [-0.15, -0.1) is 0 Å². The van der Waals surface area contributed by atoms with E-state index in [9.17, 15) is 4.79 Å². The molecule has 114 valence electrons. The van der Waals surface area contributed by atoms with Crippen LogP contribution in [-0.4, -0.2) is 43.2 Å². The fourth-order valence-corrected chi connectivity index (χ4v) is 3.11. The van der Waals surface area contributed by atoms with Crippen molar-refractivity contribution in [3.05, 3.63) is 35.9 Å². The van der Waals surface area contributed by atoms with Gasteiger partial charge in [0.2, 0.25) is 0 Å². The zero-order valence-electron chi connectivity index (χ0n) is 12.7. The van der Waals surface area contributed by atoms with Gasteiger partial charge in [0.15, 0.2) is 0 Å². The highest BCUT2D eigenvalue weighted by atomic mass is 16.5. The highest BCUT2D eigenvalue weighted by Crippen LogP contribution is 2.30. The molecule has 0 radical (unpaired) electrons. The SMILES string of the molecule is COC(=O)C1(NCC2CC2)CCN(Cc2ccccc2)C1. The number of nitrogens with one attached hydrogen (secondary N) is 1. The molecule has 1 aromatic rings. The molecular formula is C17H24N2O2. The smallest absolute Gasteiger partial charge is 0.327 e. The number of hydrogen-bond acceptors (Lipinski definition) is 4.